The molecule has 0 saturated heterocycles. The lowest BCUT2D eigenvalue weighted by molar-refractivity contribution is 0.199. The highest BCUT2D eigenvalue weighted by molar-refractivity contribution is 6.22. The molecule has 3 heteroatoms. The monoisotopic (exact) mass is 221 g/mol. The summed E-state index contributed by atoms with van der Waals surface area (Å²) in [5.41, 5.74) is 0. The standard InChI is InChI=1S/C12H12ClNO/c1-12(2,13)15-11-4-3-10-8-14-6-5-9(10)7-11/h3-8H,1-2H3. The summed E-state index contributed by atoms with van der Waals surface area (Å²) >= 11 is 5.98. The number of pyridine rings is 1. The van der Waals surface area contributed by atoms with Crippen molar-refractivity contribution in [3.05, 3.63) is 36.7 Å². The zero-order valence-electron chi connectivity index (χ0n) is 8.70. The van der Waals surface area contributed by atoms with Gasteiger partial charge in [-0.15, -0.1) is 0 Å². The third-order valence-corrected chi connectivity index (χ3v) is 2.05. The fraction of sp³-hybridized carbons (Fsp3) is 0.250. The van der Waals surface area contributed by atoms with E-state index in [1.807, 2.05) is 44.3 Å². The van der Waals surface area contributed by atoms with E-state index in [2.05, 4.69) is 4.98 Å². The predicted molar refractivity (Wildman–Crippen MR) is 62.3 cm³/mol. The molecular formula is C12H12ClNO. The average Bonchev–Trinajstić information content (AvgIpc) is 2.15. The van der Waals surface area contributed by atoms with Crippen LogP contribution in [0.15, 0.2) is 36.7 Å². The smallest absolute Gasteiger partial charge is 0.176 e. The molecule has 0 aliphatic rings. The van der Waals surface area contributed by atoms with Gasteiger partial charge in [-0.05, 0) is 43.5 Å². The van der Waals surface area contributed by atoms with Crippen LogP contribution in [0.1, 0.15) is 13.8 Å². The molecule has 78 valence electrons. The molecule has 0 bridgehead atoms. The van der Waals surface area contributed by atoms with Crippen molar-refractivity contribution >= 4 is 22.4 Å². The molecule has 0 aliphatic carbocycles. The van der Waals surface area contributed by atoms with Crippen molar-refractivity contribution in [2.75, 3.05) is 0 Å². The average molecular weight is 222 g/mol. The first-order valence-corrected chi connectivity index (χ1v) is 5.14. The van der Waals surface area contributed by atoms with Gasteiger partial charge in [0.05, 0.1) is 0 Å². The molecule has 2 aromatic rings. The Morgan fingerprint density at radius 2 is 2.00 bits per heavy atom. The second-order valence-corrected chi connectivity index (χ2v) is 4.76. The van der Waals surface area contributed by atoms with Crippen molar-refractivity contribution in [3.8, 4) is 5.75 Å². The normalized spacial score (nSPS) is 11.7. The van der Waals surface area contributed by atoms with E-state index in [0.29, 0.717) is 0 Å². The van der Waals surface area contributed by atoms with E-state index < -0.39 is 5.06 Å². The van der Waals surface area contributed by atoms with Gasteiger partial charge in [0.15, 0.2) is 5.06 Å². The molecule has 0 radical (unpaired) electrons. The number of alkyl halides is 1. The van der Waals surface area contributed by atoms with Crippen LogP contribution in [0.25, 0.3) is 10.8 Å². The minimum atomic E-state index is -0.680. The summed E-state index contributed by atoms with van der Waals surface area (Å²) in [4.78, 5) is 4.05. The topological polar surface area (TPSA) is 22.1 Å². The molecule has 0 spiro atoms. The zero-order valence-corrected chi connectivity index (χ0v) is 9.45. The summed E-state index contributed by atoms with van der Waals surface area (Å²) in [5.74, 6) is 0.772. The Morgan fingerprint density at radius 3 is 2.73 bits per heavy atom. The molecule has 1 aromatic heterocycles. The molecule has 2 rings (SSSR count). The summed E-state index contributed by atoms with van der Waals surface area (Å²) in [6, 6.07) is 7.78. The highest BCUT2D eigenvalue weighted by atomic mass is 35.5. The fourth-order valence-electron chi connectivity index (χ4n) is 1.41. The molecule has 15 heavy (non-hydrogen) atoms. The van der Waals surface area contributed by atoms with Crippen LogP contribution in [-0.4, -0.2) is 10.0 Å². The summed E-state index contributed by atoms with van der Waals surface area (Å²) in [5, 5.41) is 1.52. The summed E-state index contributed by atoms with van der Waals surface area (Å²) < 4.78 is 5.55. The minimum Gasteiger partial charge on any atom is -0.472 e. The van der Waals surface area contributed by atoms with Crippen molar-refractivity contribution in [3.63, 3.8) is 0 Å². The maximum Gasteiger partial charge on any atom is 0.176 e. The molecule has 0 atom stereocenters. The molecule has 1 heterocycles. The van der Waals surface area contributed by atoms with Crippen molar-refractivity contribution in [2.45, 2.75) is 18.9 Å². The lowest BCUT2D eigenvalue weighted by Gasteiger charge is -2.18. The molecule has 0 unspecified atom stereocenters. The van der Waals surface area contributed by atoms with Crippen LogP contribution in [0.4, 0.5) is 0 Å². The van der Waals surface area contributed by atoms with Gasteiger partial charge < -0.3 is 4.74 Å². The number of hydrogen-bond acceptors (Lipinski definition) is 2. The first-order chi connectivity index (χ1) is 7.04. The van der Waals surface area contributed by atoms with Gasteiger partial charge in [0.25, 0.3) is 0 Å². The van der Waals surface area contributed by atoms with Gasteiger partial charge in [-0.3, -0.25) is 4.98 Å². The molecule has 0 amide bonds. The van der Waals surface area contributed by atoms with Gasteiger partial charge in [0, 0.05) is 17.8 Å². The lowest BCUT2D eigenvalue weighted by atomic mass is 10.2. The van der Waals surface area contributed by atoms with E-state index in [9.17, 15) is 0 Å². The largest absolute Gasteiger partial charge is 0.472 e. The van der Waals surface area contributed by atoms with Crippen LogP contribution in [-0.2, 0) is 0 Å². The summed E-state index contributed by atoms with van der Waals surface area (Å²) in [6.07, 6.45) is 3.59. The highest BCUT2D eigenvalue weighted by Crippen LogP contribution is 2.25. The molecule has 0 aliphatic heterocycles. The Morgan fingerprint density at radius 1 is 1.20 bits per heavy atom. The van der Waals surface area contributed by atoms with E-state index in [1.165, 1.54) is 0 Å². The first-order valence-electron chi connectivity index (χ1n) is 4.76. The molecule has 0 fully saturated rings. The van der Waals surface area contributed by atoms with Crippen LogP contribution in [0, 0.1) is 0 Å². The number of hydrogen-bond donors (Lipinski definition) is 0. The maximum absolute atomic E-state index is 5.98. The van der Waals surface area contributed by atoms with E-state index in [1.54, 1.807) is 6.20 Å². The molecule has 2 nitrogen and oxygen atoms in total. The summed E-state index contributed by atoms with van der Waals surface area (Å²) in [6.45, 7) is 3.62. The van der Waals surface area contributed by atoms with E-state index in [-0.39, 0.29) is 0 Å². The predicted octanol–water partition coefficient (Wildman–Crippen LogP) is 3.59. The quantitative estimate of drug-likeness (QED) is 0.723. The number of aromatic nitrogens is 1. The zero-order chi connectivity index (χ0) is 10.9. The van der Waals surface area contributed by atoms with Crippen LogP contribution in [0.2, 0.25) is 0 Å². The number of rotatable bonds is 2. The van der Waals surface area contributed by atoms with E-state index in [4.69, 9.17) is 16.3 Å². The first kappa shape index (κ1) is 10.2. The van der Waals surface area contributed by atoms with Crippen molar-refractivity contribution in [2.24, 2.45) is 0 Å². The van der Waals surface area contributed by atoms with Crippen LogP contribution in [0.3, 0.4) is 0 Å². The van der Waals surface area contributed by atoms with E-state index >= 15 is 0 Å². The van der Waals surface area contributed by atoms with Gasteiger partial charge in [-0.1, -0.05) is 11.6 Å². The second-order valence-electron chi connectivity index (χ2n) is 3.85. The second kappa shape index (κ2) is 3.70. The molecular weight excluding hydrogens is 210 g/mol. The Bertz CT molecular complexity index is 476. The Labute approximate surface area is 93.8 Å². The van der Waals surface area contributed by atoms with Crippen LogP contribution >= 0.6 is 11.6 Å². The van der Waals surface area contributed by atoms with Crippen LogP contribution < -0.4 is 4.74 Å². The fourth-order valence-corrected chi connectivity index (χ4v) is 1.49. The van der Waals surface area contributed by atoms with Gasteiger partial charge in [-0.25, -0.2) is 0 Å². The van der Waals surface area contributed by atoms with Crippen molar-refractivity contribution in [1.82, 2.24) is 4.98 Å². The highest BCUT2D eigenvalue weighted by Gasteiger charge is 2.14. The Balaban J connectivity index is 2.39. The van der Waals surface area contributed by atoms with Gasteiger partial charge in [-0.2, -0.15) is 0 Å². The number of ether oxygens (including phenoxy) is 1. The molecule has 0 N–H and O–H groups in total. The number of fused-ring (bicyclic) bond motifs is 1. The SMILES string of the molecule is CC(C)(Cl)Oc1ccc2cnccc2c1. The lowest BCUT2D eigenvalue weighted by Crippen LogP contribution is -2.19. The number of nitrogens with zero attached hydrogens (tertiary/aromatic N) is 1. The number of halogens is 1. The third kappa shape index (κ3) is 2.60. The minimum absolute atomic E-state index is 0.680. The van der Waals surface area contributed by atoms with Crippen LogP contribution in [0.5, 0.6) is 5.75 Å². The van der Waals surface area contributed by atoms with Gasteiger partial charge >= 0.3 is 0 Å². The molecule has 1 aromatic carbocycles. The maximum atomic E-state index is 5.98. The molecule has 0 saturated carbocycles. The Hall–Kier alpha value is -1.28. The third-order valence-electron chi connectivity index (χ3n) is 1.97. The van der Waals surface area contributed by atoms with E-state index in [0.717, 1.165) is 16.5 Å². The number of benzene rings is 1. The van der Waals surface area contributed by atoms with Crippen molar-refractivity contribution < 1.29 is 4.74 Å². The van der Waals surface area contributed by atoms with Crippen molar-refractivity contribution in [1.29, 1.82) is 0 Å². The van der Waals surface area contributed by atoms with Gasteiger partial charge in [0.2, 0.25) is 0 Å². The Kier molecular flexibility index (Phi) is 2.53. The van der Waals surface area contributed by atoms with Gasteiger partial charge in [0.1, 0.15) is 5.75 Å². The summed E-state index contributed by atoms with van der Waals surface area (Å²) in [7, 11) is 0.